The molecule has 20 heavy (non-hydrogen) atoms. The third-order valence-corrected chi connectivity index (χ3v) is 4.74. The van der Waals surface area contributed by atoms with Crippen LogP contribution in [0.1, 0.15) is 39.2 Å². The molecule has 0 aliphatic heterocycles. The van der Waals surface area contributed by atoms with E-state index in [1.54, 1.807) is 19.1 Å². The number of rotatable bonds is 9. The van der Waals surface area contributed by atoms with Crippen molar-refractivity contribution in [3.63, 3.8) is 0 Å². The summed E-state index contributed by atoms with van der Waals surface area (Å²) in [6, 6.07) is 7.64. The average molecular weight is 298 g/mol. The van der Waals surface area contributed by atoms with Gasteiger partial charge in [0.15, 0.2) is 0 Å². The molecule has 0 spiro atoms. The van der Waals surface area contributed by atoms with E-state index in [9.17, 15) is 8.42 Å². The number of sulfonamides is 1. The molecule has 1 unspecified atom stereocenters. The number of likely N-dealkylation sites (N-methyl/N-ethyl adjacent to an activating group) is 1. The lowest BCUT2D eigenvalue weighted by molar-refractivity contribution is 0.486. The van der Waals surface area contributed by atoms with Crippen LogP contribution in [0.3, 0.4) is 0 Å². The van der Waals surface area contributed by atoms with Gasteiger partial charge in [0.1, 0.15) is 0 Å². The predicted molar refractivity (Wildman–Crippen MR) is 83.4 cm³/mol. The van der Waals surface area contributed by atoms with Gasteiger partial charge in [0.05, 0.1) is 4.90 Å². The van der Waals surface area contributed by atoms with Crippen molar-refractivity contribution in [1.82, 2.24) is 10.0 Å². The Labute approximate surface area is 123 Å². The highest BCUT2D eigenvalue weighted by molar-refractivity contribution is 7.89. The first kappa shape index (κ1) is 17.1. The molecule has 1 aromatic carbocycles. The fourth-order valence-corrected chi connectivity index (χ4v) is 3.32. The SMILES string of the molecule is CCCC(Cc1ccc(S(=O)(=O)NCC)cc1)NCC. The quantitative estimate of drug-likeness (QED) is 0.735. The summed E-state index contributed by atoms with van der Waals surface area (Å²) < 4.78 is 26.2. The van der Waals surface area contributed by atoms with Crippen LogP contribution >= 0.6 is 0 Å². The third kappa shape index (κ3) is 5.23. The predicted octanol–water partition coefficient (Wildman–Crippen LogP) is 2.31. The summed E-state index contributed by atoms with van der Waals surface area (Å²) in [5.74, 6) is 0. The summed E-state index contributed by atoms with van der Waals surface area (Å²) in [4.78, 5) is 0.332. The normalized spacial score (nSPS) is 13.3. The molecule has 5 heteroatoms. The smallest absolute Gasteiger partial charge is 0.240 e. The topological polar surface area (TPSA) is 58.2 Å². The largest absolute Gasteiger partial charge is 0.314 e. The molecule has 114 valence electrons. The number of nitrogens with one attached hydrogen (secondary N) is 2. The van der Waals surface area contributed by atoms with Gasteiger partial charge in [-0.25, -0.2) is 13.1 Å². The first-order chi connectivity index (χ1) is 9.53. The fraction of sp³-hybridized carbons (Fsp3) is 0.600. The van der Waals surface area contributed by atoms with E-state index < -0.39 is 10.0 Å². The number of benzene rings is 1. The molecule has 0 fully saturated rings. The zero-order valence-electron chi connectivity index (χ0n) is 12.6. The van der Waals surface area contributed by atoms with Gasteiger partial charge in [-0.1, -0.05) is 39.3 Å². The second kappa shape index (κ2) is 8.39. The number of hydrogen-bond donors (Lipinski definition) is 2. The van der Waals surface area contributed by atoms with Crippen LogP contribution in [0.2, 0.25) is 0 Å². The highest BCUT2D eigenvalue weighted by Crippen LogP contribution is 2.13. The van der Waals surface area contributed by atoms with Crippen LogP contribution in [0.5, 0.6) is 0 Å². The molecule has 0 radical (unpaired) electrons. The Morgan fingerprint density at radius 2 is 1.70 bits per heavy atom. The minimum atomic E-state index is -3.34. The molecule has 0 heterocycles. The first-order valence-electron chi connectivity index (χ1n) is 7.35. The van der Waals surface area contributed by atoms with E-state index in [1.165, 1.54) is 5.56 Å². The van der Waals surface area contributed by atoms with Gasteiger partial charge >= 0.3 is 0 Å². The van der Waals surface area contributed by atoms with Crippen molar-refractivity contribution >= 4 is 10.0 Å². The maximum atomic E-state index is 11.8. The van der Waals surface area contributed by atoms with E-state index in [1.807, 2.05) is 12.1 Å². The first-order valence-corrected chi connectivity index (χ1v) is 8.83. The van der Waals surface area contributed by atoms with E-state index in [2.05, 4.69) is 23.9 Å². The molecule has 2 N–H and O–H groups in total. The molecule has 1 atom stereocenters. The summed E-state index contributed by atoms with van der Waals surface area (Å²) in [6.07, 6.45) is 3.21. The van der Waals surface area contributed by atoms with Crippen molar-refractivity contribution in [3.05, 3.63) is 29.8 Å². The monoisotopic (exact) mass is 298 g/mol. The van der Waals surface area contributed by atoms with Crippen molar-refractivity contribution in [3.8, 4) is 0 Å². The van der Waals surface area contributed by atoms with E-state index in [4.69, 9.17) is 0 Å². The molecule has 0 saturated carbocycles. The van der Waals surface area contributed by atoms with Gasteiger partial charge in [-0.15, -0.1) is 0 Å². The second-order valence-corrected chi connectivity index (χ2v) is 6.66. The second-order valence-electron chi connectivity index (χ2n) is 4.89. The van der Waals surface area contributed by atoms with E-state index in [0.717, 1.165) is 25.8 Å². The van der Waals surface area contributed by atoms with Crippen LogP contribution in [0.25, 0.3) is 0 Å². The third-order valence-electron chi connectivity index (χ3n) is 3.18. The van der Waals surface area contributed by atoms with E-state index in [0.29, 0.717) is 17.5 Å². The Bertz CT molecular complexity index is 477. The van der Waals surface area contributed by atoms with Crippen LogP contribution < -0.4 is 10.0 Å². The zero-order valence-corrected chi connectivity index (χ0v) is 13.5. The maximum Gasteiger partial charge on any atom is 0.240 e. The van der Waals surface area contributed by atoms with Crippen molar-refractivity contribution in [2.75, 3.05) is 13.1 Å². The Balaban J connectivity index is 2.75. The Hall–Kier alpha value is -0.910. The highest BCUT2D eigenvalue weighted by Gasteiger charge is 2.13. The molecule has 1 rings (SSSR count). The zero-order chi connectivity index (χ0) is 15.0. The average Bonchev–Trinajstić information content (AvgIpc) is 2.40. The lowest BCUT2D eigenvalue weighted by Crippen LogP contribution is -2.30. The van der Waals surface area contributed by atoms with Crippen molar-refractivity contribution in [1.29, 1.82) is 0 Å². The van der Waals surface area contributed by atoms with E-state index >= 15 is 0 Å². The summed E-state index contributed by atoms with van der Waals surface area (Å²) in [7, 11) is -3.34. The molecule has 1 aromatic rings. The lowest BCUT2D eigenvalue weighted by atomic mass is 10.0. The molecule has 0 amide bonds. The van der Waals surface area contributed by atoms with Gasteiger partial charge in [0.2, 0.25) is 10.0 Å². The molecule has 0 saturated heterocycles. The van der Waals surface area contributed by atoms with Gasteiger partial charge in [-0.2, -0.15) is 0 Å². The summed E-state index contributed by atoms with van der Waals surface area (Å²) in [5, 5.41) is 3.47. The van der Waals surface area contributed by atoms with Crippen molar-refractivity contribution in [2.45, 2.75) is 51.0 Å². The van der Waals surface area contributed by atoms with Gasteiger partial charge in [-0.05, 0) is 37.1 Å². The molecule has 0 aromatic heterocycles. The van der Waals surface area contributed by atoms with Gasteiger partial charge in [-0.3, -0.25) is 0 Å². The Kier molecular flexibility index (Phi) is 7.19. The van der Waals surface area contributed by atoms with Crippen LogP contribution in [0.15, 0.2) is 29.2 Å². The fourth-order valence-electron chi connectivity index (χ4n) is 2.28. The van der Waals surface area contributed by atoms with Crippen molar-refractivity contribution in [2.24, 2.45) is 0 Å². The molecule has 4 nitrogen and oxygen atoms in total. The highest BCUT2D eigenvalue weighted by atomic mass is 32.2. The maximum absolute atomic E-state index is 11.8. The van der Waals surface area contributed by atoms with Crippen LogP contribution in [-0.4, -0.2) is 27.5 Å². The molecule has 0 aliphatic rings. The van der Waals surface area contributed by atoms with E-state index in [-0.39, 0.29) is 0 Å². The molecule has 0 aliphatic carbocycles. The summed E-state index contributed by atoms with van der Waals surface area (Å²) >= 11 is 0. The van der Waals surface area contributed by atoms with Crippen LogP contribution in [0, 0.1) is 0 Å². The Morgan fingerprint density at radius 3 is 2.20 bits per heavy atom. The van der Waals surface area contributed by atoms with Gasteiger partial charge < -0.3 is 5.32 Å². The van der Waals surface area contributed by atoms with Crippen LogP contribution in [-0.2, 0) is 16.4 Å². The standard InChI is InChI=1S/C15H26N2O2S/c1-4-7-14(16-5-2)12-13-8-10-15(11-9-13)20(18,19)17-6-3/h8-11,14,16-17H,4-7,12H2,1-3H3. The van der Waals surface area contributed by atoms with Gasteiger partial charge in [0.25, 0.3) is 0 Å². The molecular weight excluding hydrogens is 272 g/mol. The Morgan fingerprint density at radius 1 is 1.05 bits per heavy atom. The van der Waals surface area contributed by atoms with Crippen LogP contribution in [0.4, 0.5) is 0 Å². The van der Waals surface area contributed by atoms with Crippen molar-refractivity contribution < 1.29 is 8.42 Å². The minimum absolute atomic E-state index is 0.332. The molecule has 0 bridgehead atoms. The minimum Gasteiger partial charge on any atom is -0.314 e. The van der Waals surface area contributed by atoms with Gasteiger partial charge in [0, 0.05) is 12.6 Å². The summed E-state index contributed by atoms with van der Waals surface area (Å²) in [6.45, 7) is 7.42. The number of hydrogen-bond acceptors (Lipinski definition) is 3. The molecular formula is C15H26N2O2S. The lowest BCUT2D eigenvalue weighted by Gasteiger charge is -2.17. The summed E-state index contributed by atoms with van der Waals surface area (Å²) in [5.41, 5.74) is 1.17.